The van der Waals surface area contributed by atoms with Crippen LogP contribution >= 0.6 is 11.8 Å². The van der Waals surface area contributed by atoms with E-state index in [1.54, 1.807) is 39.0 Å². The maximum atomic E-state index is 13.4. The Balaban J connectivity index is 2.47. The summed E-state index contributed by atoms with van der Waals surface area (Å²) in [6, 6.07) is 8.23. The van der Waals surface area contributed by atoms with Gasteiger partial charge in [0, 0.05) is 16.9 Å². The number of hydrogen-bond acceptors (Lipinski definition) is 3. The van der Waals surface area contributed by atoms with E-state index < -0.39 is 28.5 Å². The molecule has 0 amide bonds. The lowest BCUT2D eigenvalue weighted by Gasteiger charge is -2.21. The van der Waals surface area contributed by atoms with Crippen LogP contribution in [0.25, 0.3) is 0 Å². The van der Waals surface area contributed by atoms with Gasteiger partial charge in [-0.15, -0.1) is 11.8 Å². The summed E-state index contributed by atoms with van der Waals surface area (Å²) >= 11 is 1.04. The molecule has 0 aliphatic heterocycles. The van der Waals surface area contributed by atoms with Crippen LogP contribution in [0.4, 0.5) is 17.6 Å². The van der Waals surface area contributed by atoms with Crippen molar-refractivity contribution in [2.75, 3.05) is 0 Å². The van der Waals surface area contributed by atoms with E-state index >= 15 is 0 Å². The molecule has 0 bridgehead atoms. The van der Waals surface area contributed by atoms with Gasteiger partial charge in [0.05, 0.1) is 11.1 Å². The zero-order valence-electron chi connectivity index (χ0n) is 13.9. The lowest BCUT2D eigenvalue weighted by molar-refractivity contribution is -0.138. The minimum Gasteiger partial charge on any atom is -0.245 e. The summed E-state index contributed by atoms with van der Waals surface area (Å²) < 4.78 is 53.0. The Morgan fingerprint density at radius 2 is 1.72 bits per heavy atom. The molecule has 0 saturated carbocycles. The van der Waals surface area contributed by atoms with E-state index in [0.29, 0.717) is 0 Å². The highest BCUT2D eigenvalue weighted by atomic mass is 32.2. The maximum absolute atomic E-state index is 13.4. The van der Waals surface area contributed by atoms with Gasteiger partial charge in [0.2, 0.25) is 0 Å². The molecule has 25 heavy (non-hydrogen) atoms. The fourth-order valence-electron chi connectivity index (χ4n) is 2.07. The molecular weight excluding hydrogens is 352 g/mol. The highest BCUT2D eigenvalue weighted by Crippen LogP contribution is 2.38. The highest BCUT2D eigenvalue weighted by Gasteiger charge is 2.37. The first kappa shape index (κ1) is 19.3. The zero-order chi connectivity index (χ0) is 18.8. The first-order chi connectivity index (χ1) is 11.5. The summed E-state index contributed by atoms with van der Waals surface area (Å²) in [6.45, 7) is 5.28. The molecule has 0 unspecified atom stereocenters. The van der Waals surface area contributed by atoms with Crippen LogP contribution in [0.2, 0.25) is 0 Å². The first-order valence-corrected chi connectivity index (χ1v) is 8.41. The van der Waals surface area contributed by atoms with Crippen LogP contribution in [-0.4, -0.2) is 4.98 Å². The van der Waals surface area contributed by atoms with Crippen LogP contribution in [-0.2, 0) is 17.3 Å². The third-order valence-electron chi connectivity index (χ3n) is 3.46. The van der Waals surface area contributed by atoms with E-state index in [-0.39, 0.29) is 16.5 Å². The molecule has 0 fully saturated rings. The van der Waals surface area contributed by atoms with E-state index in [0.717, 1.165) is 23.4 Å². The van der Waals surface area contributed by atoms with Crippen molar-refractivity contribution < 1.29 is 17.6 Å². The van der Waals surface area contributed by atoms with Crippen molar-refractivity contribution in [1.29, 1.82) is 5.26 Å². The molecule has 0 saturated heterocycles. The number of pyridine rings is 1. The molecule has 1 heterocycles. The van der Waals surface area contributed by atoms with Gasteiger partial charge < -0.3 is 0 Å². The van der Waals surface area contributed by atoms with Gasteiger partial charge in [-0.05, 0) is 23.8 Å². The molecule has 0 N–H and O–H groups in total. The molecule has 0 aliphatic rings. The van der Waals surface area contributed by atoms with Crippen LogP contribution in [0.1, 0.15) is 43.2 Å². The molecule has 0 spiro atoms. The normalized spacial score (nSPS) is 12.1. The molecule has 1 aromatic carbocycles. The van der Waals surface area contributed by atoms with Gasteiger partial charge in [-0.3, -0.25) is 0 Å². The Labute approximate surface area is 147 Å². The highest BCUT2D eigenvalue weighted by molar-refractivity contribution is 7.98. The van der Waals surface area contributed by atoms with Gasteiger partial charge in [0.1, 0.15) is 16.9 Å². The topological polar surface area (TPSA) is 36.7 Å². The Hall–Kier alpha value is -2.07. The smallest absolute Gasteiger partial charge is 0.245 e. The van der Waals surface area contributed by atoms with E-state index in [4.69, 9.17) is 0 Å². The number of thioether (sulfide) groups is 1. The summed E-state index contributed by atoms with van der Waals surface area (Å²) in [5, 5.41) is 9.27. The fraction of sp³-hybridized carbons (Fsp3) is 0.333. The second-order valence-corrected chi connectivity index (χ2v) is 7.47. The SMILES string of the molecule is CC(C)(C)c1cc(C(F)(F)F)c(C#N)c(SCc2ccc(F)cc2)n1. The summed E-state index contributed by atoms with van der Waals surface area (Å²) in [6.07, 6.45) is -4.64. The molecule has 132 valence electrons. The number of nitriles is 1. The molecule has 2 aromatic rings. The minimum absolute atomic E-state index is 0.0339. The van der Waals surface area contributed by atoms with Gasteiger partial charge in [0.25, 0.3) is 0 Å². The van der Waals surface area contributed by atoms with Crippen molar-refractivity contribution >= 4 is 11.8 Å². The summed E-state index contributed by atoms with van der Waals surface area (Å²) in [7, 11) is 0. The number of benzene rings is 1. The van der Waals surface area contributed by atoms with Crippen LogP contribution in [0.5, 0.6) is 0 Å². The Morgan fingerprint density at radius 1 is 1.12 bits per heavy atom. The first-order valence-electron chi connectivity index (χ1n) is 7.42. The molecule has 7 heteroatoms. The van der Waals surface area contributed by atoms with Gasteiger partial charge in [0.15, 0.2) is 0 Å². The van der Waals surface area contributed by atoms with Crippen LogP contribution in [0, 0.1) is 17.1 Å². The van der Waals surface area contributed by atoms with Crippen LogP contribution in [0.15, 0.2) is 35.4 Å². The Kier molecular flexibility index (Phi) is 5.43. The average Bonchev–Trinajstić information content (AvgIpc) is 2.51. The van der Waals surface area contributed by atoms with Crippen molar-refractivity contribution in [3.63, 3.8) is 0 Å². The number of halogens is 4. The molecule has 1 aromatic heterocycles. The lowest BCUT2D eigenvalue weighted by Crippen LogP contribution is -2.18. The third-order valence-corrected chi connectivity index (χ3v) is 4.51. The number of hydrogen-bond donors (Lipinski definition) is 0. The van der Waals surface area contributed by atoms with Crippen molar-refractivity contribution in [2.24, 2.45) is 0 Å². The van der Waals surface area contributed by atoms with Gasteiger partial charge in [-0.2, -0.15) is 18.4 Å². The molecular formula is C18H16F4N2S. The molecule has 2 nitrogen and oxygen atoms in total. The maximum Gasteiger partial charge on any atom is 0.417 e. The average molecular weight is 368 g/mol. The largest absolute Gasteiger partial charge is 0.417 e. The van der Waals surface area contributed by atoms with Crippen molar-refractivity contribution in [3.8, 4) is 6.07 Å². The summed E-state index contributed by atoms with van der Waals surface area (Å²) in [5.74, 6) is -0.106. The van der Waals surface area contributed by atoms with Gasteiger partial charge in [-0.1, -0.05) is 32.9 Å². The van der Waals surface area contributed by atoms with Crippen molar-refractivity contribution in [1.82, 2.24) is 4.98 Å². The predicted octanol–water partition coefficient (Wildman–Crippen LogP) is 5.70. The van der Waals surface area contributed by atoms with Crippen LogP contribution < -0.4 is 0 Å². The predicted molar refractivity (Wildman–Crippen MR) is 88.6 cm³/mol. The van der Waals surface area contributed by atoms with Crippen LogP contribution in [0.3, 0.4) is 0 Å². The monoisotopic (exact) mass is 368 g/mol. The molecule has 2 rings (SSSR count). The Morgan fingerprint density at radius 3 is 2.20 bits per heavy atom. The van der Waals surface area contributed by atoms with Crippen molar-refractivity contribution in [3.05, 3.63) is 58.5 Å². The number of nitrogens with zero attached hydrogens (tertiary/aromatic N) is 2. The van der Waals surface area contributed by atoms with Gasteiger partial charge in [-0.25, -0.2) is 9.37 Å². The lowest BCUT2D eigenvalue weighted by atomic mass is 9.90. The minimum atomic E-state index is -4.64. The number of rotatable bonds is 3. The second kappa shape index (κ2) is 7.04. The molecule has 0 aliphatic carbocycles. The standard InChI is InChI=1S/C18H16F4N2S/c1-17(2,3)15-8-14(18(20,21)22)13(9-23)16(24-15)25-10-11-4-6-12(19)7-5-11/h4-8H,10H2,1-3H3. The van der Waals surface area contributed by atoms with E-state index in [9.17, 15) is 22.8 Å². The molecule has 0 atom stereocenters. The third kappa shape index (κ3) is 4.73. The summed E-state index contributed by atoms with van der Waals surface area (Å²) in [5.41, 5.74) is -1.06. The Bertz CT molecular complexity index is 800. The van der Waals surface area contributed by atoms with E-state index in [1.807, 2.05) is 0 Å². The van der Waals surface area contributed by atoms with Gasteiger partial charge >= 0.3 is 6.18 Å². The number of alkyl halides is 3. The fourth-order valence-corrected chi connectivity index (χ4v) is 3.03. The number of aromatic nitrogens is 1. The second-order valence-electron chi connectivity index (χ2n) is 6.51. The van der Waals surface area contributed by atoms with E-state index in [1.165, 1.54) is 12.1 Å². The zero-order valence-corrected chi connectivity index (χ0v) is 14.7. The quantitative estimate of drug-likeness (QED) is 0.515. The van der Waals surface area contributed by atoms with E-state index in [2.05, 4.69) is 4.98 Å². The molecule has 0 radical (unpaired) electrons. The van der Waals surface area contributed by atoms with Crippen molar-refractivity contribution in [2.45, 2.75) is 43.1 Å². The summed E-state index contributed by atoms with van der Waals surface area (Å²) in [4.78, 5) is 4.29.